The van der Waals surface area contributed by atoms with Gasteiger partial charge >= 0.3 is 12.0 Å². The van der Waals surface area contributed by atoms with Gasteiger partial charge in [-0.15, -0.1) is 0 Å². The summed E-state index contributed by atoms with van der Waals surface area (Å²) in [5, 5.41) is 14.1. The van der Waals surface area contributed by atoms with Crippen LogP contribution in [0.15, 0.2) is 18.3 Å². The molecule has 0 atom stereocenters. The molecular formula is C13H19N3O4. The van der Waals surface area contributed by atoms with Gasteiger partial charge in [-0.3, -0.25) is 4.79 Å². The molecular weight excluding hydrogens is 262 g/mol. The maximum Gasteiger partial charge on any atom is 0.315 e. The summed E-state index contributed by atoms with van der Waals surface area (Å²) in [4.78, 5) is 26.4. The van der Waals surface area contributed by atoms with E-state index in [2.05, 4.69) is 15.6 Å². The van der Waals surface area contributed by atoms with Crippen molar-refractivity contribution in [1.82, 2.24) is 15.6 Å². The van der Waals surface area contributed by atoms with Crippen LogP contribution in [0.25, 0.3) is 0 Å². The van der Waals surface area contributed by atoms with Crippen molar-refractivity contribution in [3.05, 3.63) is 23.9 Å². The molecule has 7 nitrogen and oxygen atoms in total. The van der Waals surface area contributed by atoms with Gasteiger partial charge < -0.3 is 20.5 Å². The van der Waals surface area contributed by atoms with Gasteiger partial charge in [0.05, 0.1) is 12.5 Å². The van der Waals surface area contributed by atoms with Crippen molar-refractivity contribution in [3.63, 3.8) is 0 Å². The number of methoxy groups -OCH3 is 1. The molecule has 0 saturated heterocycles. The van der Waals surface area contributed by atoms with E-state index in [4.69, 9.17) is 9.84 Å². The molecule has 1 heterocycles. The van der Waals surface area contributed by atoms with Crippen LogP contribution in [-0.4, -0.2) is 35.7 Å². The summed E-state index contributed by atoms with van der Waals surface area (Å²) in [6.07, 6.45) is 1.58. The van der Waals surface area contributed by atoms with Crippen molar-refractivity contribution in [1.29, 1.82) is 0 Å². The second kappa shape index (κ2) is 6.74. The van der Waals surface area contributed by atoms with E-state index in [-0.39, 0.29) is 6.54 Å². The van der Waals surface area contributed by atoms with Gasteiger partial charge in [-0.2, -0.15) is 0 Å². The van der Waals surface area contributed by atoms with Gasteiger partial charge in [-0.1, -0.05) is 0 Å². The van der Waals surface area contributed by atoms with Crippen LogP contribution in [0, 0.1) is 5.41 Å². The van der Waals surface area contributed by atoms with Crippen molar-refractivity contribution < 1.29 is 19.4 Å². The molecule has 0 aliphatic carbocycles. The zero-order valence-electron chi connectivity index (χ0n) is 11.8. The van der Waals surface area contributed by atoms with Gasteiger partial charge in [-0.25, -0.2) is 9.78 Å². The number of carbonyl (C=O) groups is 2. The summed E-state index contributed by atoms with van der Waals surface area (Å²) >= 11 is 0. The lowest BCUT2D eigenvalue weighted by Crippen LogP contribution is -2.43. The minimum atomic E-state index is -1.00. The predicted octanol–water partition coefficient (Wildman–Crippen LogP) is 1.00. The molecule has 1 aromatic heterocycles. The Bertz CT molecular complexity index is 488. The Hall–Kier alpha value is -2.31. The summed E-state index contributed by atoms with van der Waals surface area (Å²) in [6.45, 7) is 3.44. The topological polar surface area (TPSA) is 101 Å². The summed E-state index contributed by atoms with van der Waals surface area (Å²) in [5.41, 5.74) is -0.165. The van der Waals surface area contributed by atoms with Crippen LogP contribution in [-0.2, 0) is 11.3 Å². The Balaban J connectivity index is 2.42. The number of carboxylic acid groups (broad SMARTS) is 1. The molecule has 110 valence electrons. The van der Waals surface area contributed by atoms with Crippen LogP contribution in [0.5, 0.6) is 5.88 Å². The van der Waals surface area contributed by atoms with Crippen molar-refractivity contribution in [2.75, 3.05) is 13.7 Å². The normalized spacial score (nSPS) is 10.8. The molecule has 0 spiro atoms. The van der Waals surface area contributed by atoms with Crippen molar-refractivity contribution in [2.24, 2.45) is 5.41 Å². The maximum atomic E-state index is 11.6. The van der Waals surface area contributed by atoms with E-state index in [1.807, 2.05) is 0 Å². The monoisotopic (exact) mass is 281 g/mol. The lowest BCUT2D eigenvalue weighted by molar-refractivity contribution is -0.146. The number of hydrogen-bond donors (Lipinski definition) is 3. The molecule has 0 unspecified atom stereocenters. The third-order valence-corrected chi connectivity index (χ3v) is 2.73. The standard InChI is InChI=1S/C13H19N3O4/c1-13(2,11(17)18)8-16-12(19)15-7-9-4-5-14-10(6-9)20-3/h4-6H,7-8H2,1-3H3,(H,17,18)(H2,15,16,19). The third kappa shape index (κ3) is 4.75. The fourth-order valence-corrected chi connectivity index (χ4v) is 1.29. The zero-order valence-corrected chi connectivity index (χ0v) is 11.8. The molecule has 0 radical (unpaired) electrons. The first-order valence-corrected chi connectivity index (χ1v) is 6.09. The van der Waals surface area contributed by atoms with Crippen molar-refractivity contribution in [2.45, 2.75) is 20.4 Å². The van der Waals surface area contributed by atoms with Gasteiger partial charge in [0.2, 0.25) is 5.88 Å². The van der Waals surface area contributed by atoms with Gasteiger partial charge in [-0.05, 0) is 25.5 Å². The van der Waals surface area contributed by atoms with Crippen LogP contribution in [0.1, 0.15) is 19.4 Å². The second-order valence-corrected chi connectivity index (χ2v) is 4.93. The number of nitrogens with zero attached hydrogens (tertiary/aromatic N) is 1. The summed E-state index contributed by atoms with van der Waals surface area (Å²) < 4.78 is 4.98. The number of urea groups is 1. The van der Waals surface area contributed by atoms with Crippen molar-refractivity contribution >= 4 is 12.0 Å². The molecule has 0 saturated carbocycles. The summed E-state index contributed by atoms with van der Waals surface area (Å²) in [5.74, 6) is -0.492. The molecule has 3 N–H and O–H groups in total. The Morgan fingerprint density at radius 2 is 2.10 bits per heavy atom. The van der Waals surface area contributed by atoms with E-state index in [1.54, 1.807) is 32.2 Å². The van der Waals surface area contributed by atoms with Crippen LogP contribution in [0.3, 0.4) is 0 Å². The predicted molar refractivity (Wildman–Crippen MR) is 72.4 cm³/mol. The van der Waals surface area contributed by atoms with E-state index in [1.165, 1.54) is 7.11 Å². The maximum absolute atomic E-state index is 11.6. The average Bonchev–Trinajstić information content (AvgIpc) is 2.43. The molecule has 1 aromatic rings. The highest BCUT2D eigenvalue weighted by Gasteiger charge is 2.27. The second-order valence-electron chi connectivity index (χ2n) is 4.93. The molecule has 0 aliphatic heterocycles. The Kier molecular flexibility index (Phi) is 5.31. The van der Waals surface area contributed by atoms with Crippen LogP contribution >= 0.6 is 0 Å². The lowest BCUT2D eigenvalue weighted by Gasteiger charge is -2.19. The quantitative estimate of drug-likeness (QED) is 0.722. The number of carbonyl (C=O) groups excluding carboxylic acids is 1. The highest BCUT2D eigenvalue weighted by Crippen LogP contribution is 2.13. The molecule has 0 fully saturated rings. The molecule has 20 heavy (non-hydrogen) atoms. The fraction of sp³-hybridized carbons (Fsp3) is 0.462. The van der Waals surface area contributed by atoms with Crippen molar-refractivity contribution in [3.8, 4) is 5.88 Å². The third-order valence-electron chi connectivity index (χ3n) is 2.73. The first-order valence-electron chi connectivity index (χ1n) is 6.09. The smallest absolute Gasteiger partial charge is 0.315 e. The van der Waals surface area contributed by atoms with Gasteiger partial charge in [0.25, 0.3) is 0 Å². The number of ether oxygens (including phenoxy) is 1. The number of carboxylic acids is 1. The average molecular weight is 281 g/mol. The van der Waals surface area contributed by atoms with E-state index in [0.29, 0.717) is 12.4 Å². The van der Waals surface area contributed by atoms with Gasteiger partial charge in [0.15, 0.2) is 0 Å². The zero-order chi connectivity index (χ0) is 15.2. The molecule has 2 amide bonds. The summed E-state index contributed by atoms with van der Waals surface area (Å²) in [6, 6.07) is 3.04. The fourth-order valence-electron chi connectivity index (χ4n) is 1.29. The Labute approximate surface area is 117 Å². The Morgan fingerprint density at radius 3 is 2.70 bits per heavy atom. The number of aliphatic carboxylic acids is 1. The largest absolute Gasteiger partial charge is 0.481 e. The van der Waals surface area contributed by atoms with Crippen LogP contribution in [0.4, 0.5) is 4.79 Å². The minimum Gasteiger partial charge on any atom is -0.481 e. The van der Waals surface area contributed by atoms with Crippen LogP contribution < -0.4 is 15.4 Å². The highest BCUT2D eigenvalue weighted by molar-refractivity contribution is 5.77. The molecule has 1 rings (SSSR count). The summed E-state index contributed by atoms with van der Waals surface area (Å²) in [7, 11) is 1.51. The first kappa shape index (κ1) is 15.7. The molecule has 0 aromatic carbocycles. The molecule has 0 aliphatic rings. The van der Waals surface area contributed by atoms with E-state index in [0.717, 1.165) is 5.56 Å². The SMILES string of the molecule is COc1cc(CNC(=O)NCC(C)(C)C(=O)O)ccn1. The van der Waals surface area contributed by atoms with Crippen LogP contribution in [0.2, 0.25) is 0 Å². The first-order chi connectivity index (χ1) is 9.35. The Morgan fingerprint density at radius 1 is 1.40 bits per heavy atom. The highest BCUT2D eigenvalue weighted by atomic mass is 16.5. The number of nitrogens with one attached hydrogen (secondary N) is 2. The van der Waals surface area contributed by atoms with E-state index >= 15 is 0 Å². The van der Waals surface area contributed by atoms with Gasteiger partial charge in [0, 0.05) is 25.4 Å². The van der Waals surface area contributed by atoms with Gasteiger partial charge in [0.1, 0.15) is 0 Å². The number of rotatable bonds is 6. The molecule has 7 heteroatoms. The number of aromatic nitrogens is 1. The minimum absolute atomic E-state index is 0.0494. The van der Waals surface area contributed by atoms with E-state index in [9.17, 15) is 9.59 Å². The lowest BCUT2D eigenvalue weighted by atomic mass is 9.94. The van der Waals surface area contributed by atoms with E-state index < -0.39 is 17.4 Å². The number of pyridine rings is 1. The number of hydrogen-bond acceptors (Lipinski definition) is 4. The number of amides is 2. The molecule has 0 bridgehead atoms.